The minimum Gasteiger partial charge on any atom is -0.362 e. The predicted octanol–water partition coefficient (Wildman–Crippen LogP) is 4.24. The topological polar surface area (TPSA) is 24.1 Å². The minimum atomic E-state index is 0.661. The maximum atomic E-state index is 6.12. The lowest BCUT2D eigenvalue weighted by Gasteiger charge is -2.11. The first-order valence-electron chi connectivity index (χ1n) is 7.15. The lowest BCUT2D eigenvalue weighted by atomic mass is 10.1. The number of benzene rings is 2. The summed E-state index contributed by atoms with van der Waals surface area (Å²) in [5, 5.41) is 8.61. The fraction of sp³-hybridized carbons (Fsp3) is 0.235. The molecule has 0 amide bonds. The Hall–Kier alpha value is -1.29. The number of nitrogens with one attached hydrogen (secondary N) is 2. The summed E-state index contributed by atoms with van der Waals surface area (Å²) in [6.45, 7) is 1.53. The molecule has 116 valence electrons. The molecule has 0 saturated carbocycles. The third-order valence-electron chi connectivity index (χ3n) is 3.23. The molecule has 0 aliphatic carbocycles. The van der Waals surface area contributed by atoms with Gasteiger partial charge in [-0.3, -0.25) is 0 Å². The van der Waals surface area contributed by atoms with Crippen molar-refractivity contribution >= 4 is 40.5 Å². The first-order chi connectivity index (χ1) is 10.6. The molecule has 0 radical (unpaired) electrons. The molecule has 2 rings (SSSR count). The van der Waals surface area contributed by atoms with Crippen molar-refractivity contribution in [2.45, 2.75) is 12.8 Å². The van der Waals surface area contributed by atoms with E-state index in [9.17, 15) is 0 Å². The Bertz CT molecular complexity index is 632. The summed E-state index contributed by atoms with van der Waals surface area (Å²) in [5.41, 5.74) is 2.32. The van der Waals surface area contributed by atoms with E-state index in [0.717, 1.165) is 41.5 Å². The van der Waals surface area contributed by atoms with Crippen LogP contribution in [0.3, 0.4) is 0 Å². The van der Waals surface area contributed by atoms with Gasteiger partial charge in [-0.15, -0.1) is 0 Å². The minimum absolute atomic E-state index is 0.661. The molecule has 0 unspecified atom stereocenters. The van der Waals surface area contributed by atoms with E-state index < -0.39 is 0 Å². The molecule has 2 aromatic carbocycles. The number of thiocarbonyl (C=S) groups is 1. The molecule has 2 N–H and O–H groups in total. The van der Waals surface area contributed by atoms with Crippen molar-refractivity contribution < 1.29 is 0 Å². The maximum absolute atomic E-state index is 6.12. The van der Waals surface area contributed by atoms with Crippen molar-refractivity contribution in [3.8, 4) is 0 Å². The quantitative estimate of drug-likeness (QED) is 0.760. The van der Waals surface area contributed by atoms with Crippen LogP contribution in [-0.2, 0) is 12.8 Å². The second kappa shape index (κ2) is 8.99. The van der Waals surface area contributed by atoms with Gasteiger partial charge in [0.05, 0.1) is 0 Å². The van der Waals surface area contributed by atoms with Crippen LogP contribution >= 0.6 is 35.4 Å². The van der Waals surface area contributed by atoms with E-state index in [-0.39, 0.29) is 0 Å². The molecule has 0 heterocycles. The van der Waals surface area contributed by atoms with Crippen LogP contribution in [0.2, 0.25) is 10.0 Å². The van der Waals surface area contributed by atoms with Crippen molar-refractivity contribution in [1.82, 2.24) is 10.6 Å². The van der Waals surface area contributed by atoms with E-state index in [4.69, 9.17) is 35.4 Å². The average Bonchev–Trinajstić information content (AvgIpc) is 2.49. The molecule has 22 heavy (non-hydrogen) atoms. The summed E-state index contributed by atoms with van der Waals surface area (Å²) in [4.78, 5) is 0. The van der Waals surface area contributed by atoms with Gasteiger partial charge >= 0.3 is 0 Å². The molecule has 2 aromatic rings. The summed E-state index contributed by atoms with van der Waals surface area (Å²) >= 11 is 17.3. The van der Waals surface area contributed by atoms with E-state index in [1.54, 1.807) is 0 Å². The number of rotatable bonds is 6. The van der Waals surface area contributed by atoms with Gasteiger partial charge in [0.15, 0.2) is 5.11 Å². The average molecular weight is 353 g/mol. The van der Waals surface area contributed by atoms with Crippen LogP contribution in [0, 0.1) is 0 Å². The number of hydrogen-bond donors (Lipinski definition) is 2. The van der Waals surface area contributed by atoms with E-state index in [0.29, 0.717) is 5.11 Å². The molecule has 0 aliphatic rings. The standard InChI is InChI=1S/C17H18Cl2N2S/c18-15-6-3-4-13(12-15)8-10-20-17(22)21-11-9-14-5-1-2-7-16(14)19/h1-7,12H,8-11H2,(H2,20,21,22). The fourth-order valence-corrected chi connectivity index (χ4v) is 2.73. The monoisotopic (exact) mass is 352 g/mol. The number of halogens is 2. The zero-order chi connectivity index (χ0) is 15.8. The largest absolute Gasteiger partial charge is 0.362 e. The van der Waals surface area contributed by atoms with Crippen LogP contribution in [-0.4, -0.2) is 18.2 Å². The molecule has 0 saturated heterocycles. The van der Waals surface area contributed by atoms with Crippen LogP contribution < -0.4 is 10.6 Å². The highest BCUT2D eigenvalue weighted by Gasteiger charge is 2.00. The molecular weight excluding hydrogens is 335 g/mol. The first kappa shape index (κ1) is 17.1. The fourth-order valence-electron chi connectivity index (χ4n) is 2.09. The summed E-state index contributed by atoms with van der Waals surface area (Å²) in [5.74, 6) is 0. The zero-order valence-electron chi connectivity index (χ0n) is 12.1. The number of hydrogen-bond acceptors (Lipinski definition) is 1. The van der Waals surface area contributed by atoms with Crippen LogP contribution in [0.1, 0.15) is 11.1 Å². The molecule has 0 spiro atoms. The second-order valence-corrected chi connectivity index (χ2v) is 6.16. The third-order valence-corrected chi connectivity index (χ3v) is 4.12. The van der Waals surface area contributed by atoms with Crippen molar-refractivity contribution in [2.75, 3.05) is 13.1 Å². The summed E-state index contributed by atoms with van der Waals surface area (Å²) < 4.78 is 0. The Morgan fingerprint density at radius 1 is 0.909 bits per heavy atom. The molecule has 0 aliphatic heterocycles. The van der Waals surface area contributed by atoms with Gasteiger partial charge < -0.3 is 10.6 Å². The molecule has 5 heteroatoms. The third kappa shape index (κ3) is 5.84. The van der Waals surface area contributed by atoms with Gasteiger partial charge in [0.25, 0.3) is 0 Å². The predicted molar refractivity (Wildman–Crippen MR) is 98.9 cm³/mol. The molecular formula is C17H18Cl2N2S. The van der Waals surface area contributed by atoms with E-state index in [2.05, 4.69) is 16.7 Å². The highest BCUT2D eigenvalue weighted by atomic mass is 35.5. The van der Waals surface area contributed by atoms with Crippen LogP contribution in [0.15, 0.2) is 48.5 Å². The van der Waals surface area contributed by atoms with Crippen molar-refractivity contribution in [3.63, 3.8) is 0 Å². The summed E-state index contributed by atoms with van der Waals surface area (Å²) in [6, 6.07) is 15.7. The lowest BCUT2D eigenvalue weighted by Crippen LogP contribution is -2.37. The van der Waals surface area contributed by atoms with Crippen molar-refractivity contribution in [2.24, 2.45) is 0 Å². The normalized spacial score (nSPS) is 10.3. The van der Waals surface area contributed by atoms with Gasteiger partial charge in [0.1, 0.15) is 0 Å². The van der Waals surface area contributed by atoms with Crippen molar-refractivity contribution in [1.29, 1.82) is 0 Å². The van der Waals surface area contributed by atoms with Gasteiger partial charge in [0.2, 0.25) is 0 Å². The van der Waals surface area contributed by atoms with Gasteiger partial charge in [-0.2, -0.15) is 0 Å². The molecule has 0 aromatic heterocycles. The second-order valence-electron chi connectivity index (χ2n) is 4.90. The van der Waals surface area contributed by atoms with Crippen LogP contribution in [0.4, 0.5) is 0 Å². The van der Waals surface area contributed by atoms with Crippen molar-refractivity contribution in [3.05, 3.63) is 69.7 Å². The molecule has 0 bridgehead atoms. The van der Waals surface area contributed by atoms with Crippen LogP contribution in [0.5, 0.6) is 0 Å². The first-order valence-corrected chi connectivity index (χ1v) is 8.31. The molecule has 0 atom stereocenters. The summed E-state index contributed by atoms with van der Waals surface area (Å²) in [7, 11) is 0. The Morgan fingerprint density at radius 3 is 2.36 bits per heavy atom. The highest BCUT2D eigenvalue weighted by molar-refractivity contribution is 7.80. The Labute approximate surface area is 146 Å². The Balaban J connectivity index is 1.65. The Kier molecular flexibility index (Phi) is 6.97. The molecule has 2 nitrogen and oxygen atoms in total. The summed E-state index contributed by atoms with van der Waals surface area (Å²) in [6.07, 6.45) is 1.72. The zero-order valence-corrected chi connectivity index (χ0v) is 14.4. The maximum Gasteiger partial charge on any atom is 0.166 e. The smallest absolute Gasteiger partial charge is 0.166 e. The van der Waals surface area contributed by atoms with E-state index >= 15 is 0 Å². The van der Waals surface area contributed by atoms with E-state index in [1.807, 2.05) is 42.5 Å². The van der Waals surface area contributed by atoms with Gasteiger partial charge in [-0.1, -0.05) is 53.5 Å². The van der Waals surface area contributed by atoms with E-state index in [1.165, 1.54) is 5.56 Å². The van der Waals surface area contributed by atoms with Gasteiger partial charge in [0, 0.05) is 23.1 Å². The van der Waals surface area contributed by atoms with Crippen LogP contribution in [0.25, 0.3) is 0 Å². The Morgan fingerprint density at radius 2 is 1.64 bits per heavy atom. The molecule has 0 fully saturated rings. The SMILES string of the molecule is S=C(NCCc1cccc(Cl)c1)NCCc1ccccc1Cl. The highest BCUT2D eigenvalue weighted by Crippen LogP contribution is 2.14. The van der Waals surface area contributed by atoms with Gasteiger partial charge in [-0.05, 0) is 54.4 Å². The lowest BCUT2D eigenvalue weighted by molar-refractivity contribution is 0.802. The van der Waals surface area contributed by atoms with Gasteiger partial charge in [-0.25, -0.2) is 0 Å².